The third kappa shape index (κ3) is 4.23. The zero-order chi connectivity index (χ0) is 15.5. The van der Waals surface area contributed by atoms with Crippen molar-refractivity contribution in [3.8, 4) is 0 Å². The summed E-state index contributed by atoms with van der Waals surface area (Å²) in [4.78, 5) is 24.6. The standard InChI is InChI=1S/C14H18BrNO4/c1-9(12(17)18)16(13(19)20-14(2,3)4)11-8-6-5-7-10(11)15/h5-9H,1-4H3,(H,17,18)/t9-/m0/s1. The van der Waals surface area contributed by atoms with E-state index in [9.17, 15) is 14.7 Å². The average molecular weight is 344 g/mol. The summed E-state index contributed by atoms with van der Waals surface area (Å²) in [5.74, 6) is -1.10. The predicted molar refractivity (Wildman–Crippen MR) is 80.0 cm³/mol. The molecule has 1 aromatic rings. The number of carbonyl (C=O) groups excluding carboxylic acids is 1. The molecule has 0 saturated carbocycles. The van der Waals surface area contributed by atoms with E-state index in [4.69, 9.17) is 4.74 Å². The fraction of sp³-hybridized carbons (Fsp3) is 0.429. The molecule has 110 valence electrons. The lowest BCUT2D eigenvalue weighted by Gasteiger charge is -2.30. The van der Waals surface area contributed by atoms with E-state index in [2.05, 4.69) is 15.9 Å². The van der Waals surface area contributed by atoms with E-state index in [1.54, 1.807) is 45.0 Å². The maximum Gasteiger partial charge on any atom is 0.415 e. The summed E-state index contributed by atoms with van der Waals surface area (Å²) in [7, 11) is 0. The number of carboxylic acid groups (broad SMARTS) is 1. The van der Waals surface area contributed by atoms with Gasteiger partial charge in [0.15, 0.2) is 0 Å². The lowest BCUT2D eigenvalue weighted by Crippen LogP contribution is -2.46. The van der Waals surface area contributed by atoms with Crippen LogP contribution in [0.3, 0.4) is 0 Å². The summed E-state index contributed by atoms with van der Waals surface area (Å²) in [6, 6.07) is 5.87. The second kappa shape index (κ2) is 6.26. The van der Waals surface area contributed by atoms with Crippen molar-refractivity contribution in [3.63, 3.8) is 0 Å². The van der Waals surface area contributed by atoms with Gasteiger partial charge >= 0.3 is 12.1 Å². The first-order chi connectivity index (χ1) is 9.13. The molecule has 1 N–H and O–H groups in total. The van der Waals surface area contributed by atoms with Gasteiger partial charge in [-0.2, -0.15) is 0 Å². The Kier molecular flexibility index (Phi) is 5.16. The van der Waals surface area contributed by atoms with Crippen LogP contribution in [0.15, 0.2) is 28.7 Å². The van der Waals surface area contributed by atoms with Crippen molar-refractivity contribution in [2.45, 2.75) is 39.3 Å². The Balaban J connectivity index is 3.20. The van der Waals surface area contributed by atoms with Crippen LogP contribution < -0.4 is 4.90 Å². The number of hydrogen-bond donors (Lipinski definition) is 1. The zero-order valence-electron chi connectivity index (χ0n) is 11.9. The number of rotatable bonds is 3. The van der Waals surface area contributed by atoms with E-state index in [1.165, 1.54) is 6.92 Å². The summed E-state index contributed by atoms with van der Waals surface area (Å²) < 4.78 is 5.91. The summed E-state index contributed by atoms with van der Waals surface area (Å²) in [5.41, 5.74) is -0.244. The highest BCUT2D eigenvalue weighted by atomic mass is 79.9. The molecule has 0 spiro atoms. The number of nitrogens with zero attached hydrogens (tertiary/aromatic N) is 1. The van der Waals surface area contributed by atoms with Crippen molar-refractivity contribution < 1.29 is 19.4 Å². The molecule has 0 radical (unpaired) electrons. The molecule has 20 heavy (non-hydrogen) atoms. The van der Waals surface area contributed by atoms with E-state index >= 15 is 0 Å². The van der Waals surface area contributed by atoms with E-state index in [1.807, 2.05) is 0 Å². The molecule has 1 amide bonds. The van der Waals surface area contributed by atoms with Crippen molar-refractivity contribution >= 4 is 33.7 Å². The molecule has 0 fully saturated rings. The SMILES string of the molecule is C[C@@H](C(=O)O)N(C(=O)OC(C)(C)C)c1ccccc1Br. The molecule has 6 heteroatoms. The van der Waals surface area contributed by atoms with E-state index in [0.717, 1.165) is 4.90 Å². The highest BCUT2D eigenvalue weighted by molar-refractivity contribution is 9.10. The van der Waals surface area contributed by atoms with Gasteiger partial charge in [-0.15, -0.1) is 0 Å². The normalized spacial score (nSPS) is 12.7. The molecule has 1 rings (SSSR count). The first-order valence-electron chi connectivity index (χ1n) is 6.13. The molecule has 0 aliphatic carbocycles. The van der Waals surface area contributed by atoms with Crippen LogP contribution in [0.25, 0.3) is 0 Å². The third-order valence-electron chi connectivity index (χ3n) is 2.45. The summed E-state index contributed by atoms with van der Waals surface area (Å²) in [5, 5.41) is 9.19. The number of benzene rings is 1. The number of aliphatic carboxylic acids is 1. The predicted octanol–water partition coefficient (Wildman–Crippen LogP) is 3.66. The molecule has 0 aromatic heterocycles. The molecule has 5 nitrogen and oxygen atoms in total. The van der Waals surface area contributed by atoms with Crippen LogP contribution in [0.2, 0.25) is 0 Å². The maximum absolute atomic E-state index is 12.3. The lowest BCUT2D eigenvalue weighted by atomic mass is 10.2. The van der Waals surface area contributed by atoms with Crippen LogP contribution in [0, 0.1) is 0 Å². The summed E-state index contributed by atoms with van der Waals surface area (Å²) in [6.45, 7) is 6.63. The minimum absolute atomic E-state index is 0.455. The quantitative estimate of drug-likeness (QED) is 0.909. The van der Waals surface area contributed by atoms with E-state index < -0.39 is 23.7 Å². The molecule has 0 heterocycles. The van der Waals surface area contributed by atoms with E-state index in [-0.39, 0.29) is 0 Å². The Bertz CT molecular complexity index is 510. The fourth-order valence-electron chi connectivity index (χ4n) is 1.53. The third-order valence-corrected chi connectivity index (χ3v) is 3.12. The van der Waals surface area contributed by atoms with Crippen molar-refractivity contribution in [3.05, 3.63) is 28.7 Å². The number of halogens is 1. The molecule has 0 saturated heterocycles. The molecule has 1 aromatic carbocycles. The Labute approximate surface area is 126 Å². The van der Waals surface area contributed by atoms with Crippen LogP contribution >= 0.6 is 15.9 Å². The Morgan fingerprint density at radius 2 is 1.85 bits per heavy atom. The van der Waals surface area contributed by atoms with Crippen LogP contribution in [-0.2, 0) is 9.53 Å². The first kappa shape index (κ1) is 16.5. The summed E-state index contributed by atoms with van der Waals surface area (Å²) >= 11 is 3.32. The number of para-hydroxylation sites is 1. The zero-order valence-corrected chi connectivity index (χ0v) is 13.5. The Hall–Kier alpha value is -1.56. The fourth-order valence-corrected chi connectivity index (χ4v) is 2.01. The van der Waals surface area contributed by atoms with E-state index in [0.29, 0.717) is 10.2 Å². The van der Waals surface area contributed by atoms with Gasteiger partial charge in [-0.3, -0.25) is 4.90 Å². The highest BCUT2D eigenvalue weighted by Crippen LogP contribution is 2.29. The molecule has 0 aliphatic rings. The van der Waals surface area contributed by atoms with Crippen LogP contribution in [-0.4, -0.2) is 28.8 Å². The van der Waals surface area contributed by atoms with Crippen molar-refractivity contribution in [2.24, 2.45) is 0 Å². The van der Waals surface area contributed by atoms with Crippen LogP contribution in [0.1, 0.15) is 27.7 Å². The Morgan fingerprint density at radius 3 is 2.30 bits per heavy atom. The molecule has 0 aliphatic heterocycles. The van der Waals surface area contributed by atoms with Crippen LogP contribution in [0.5, 0.6) is 0 Å². The second-order valence-electron chi connectivity index (χ2n) is 5.32. The monoisotopic (exact) mass is 343 g/mol. The molecular formula is C14H18BrNO4. The van der Waals surface area contributed by atoms with Gasteiger partial charge in [-0.1, -0.05) is 12.1 Å². The van der Waals surface area contributed by atoms with Gasteiger partial charge in [-0.25, -0.2) is 9.59 Å². The number of amides is 1. The van der Waals surface area contributed by atoms with Gasteiger partial charge in [0, 0.05) is 4.47 Å². The second-order valence-corrected chi connectivity index (χ2v) is 6.17. The van der Waals surface area contributed by atoms with Crippen molar-refractivity contribution in [1.82, 2.24) is 0 Å². The topological polar surface area (TPSA) is 66.8 Å². The molecular weight excluding hydrogens is 326 g/mol. The number of carboxylic acids is 1. The smallest absolute Gasteiger partial charge is 0.415 e. The number of hydrogen-bond acceptors (Lipinski definition) is 3. The number of ether oxygens (including phenoxy) is 1. The molecule has 0 bridgehead atoms. The largest absolute Gasteiger partial charge is 0.480 e. The molecule has 0 unspecified atom stereocenters. The maximum atomic E-state index is 12.3. The van der Waals surface area contributed by atoms with Crippen molar-refractivity contribution in [2.75, 3.05) is 4.90 Å². The number of anilines is 1. The first-order valence-corrected chi connectivity index (χ1v) is 6.92. The lowest BCUT2D eigenvalue weighted by molar-refractivity contribution is -0.138. The average Bonchev–Trinajstić information content (AvgIpc) is 2.29. The van der Waals surface area contributed by atoms with Gasteiger partial charge in [-0.05, 0) is 55.8 Å². The van der Waals surface area contributed by atoms with Gasteiger partial charge < -0.3 is 9.84 Å². The minimum Gasteiger partial charge on any atom is -0.480 e. The number of carbonyl (C=O) groups is 2. The van der Waals surface area contributed by atoms with Crippen LogP contribution in [0.4, 0.5) is 10.5 Å². The molecule has 1 atom stereocenters. The summed E-state index contributed by atoms with van der Waals surface area (Å²) in [6.07, 6.45) is -0.695. The Morgan fingerprint density at radius 1 is 1.30 bits per heavy atom. The highest BCUT2D eigenvalue weighted by Gasteiger charge is 2.32. The van der Waals surface area contributed by atoms with Gasteiger partial charge in [0.25, 0.3) is 0 Å². The van der Waals surface area contributed by atoms with Gasteiger partial charge in [0.1, 0.15) is 11.6 Å². The van der Waals surface area contributed by atoms with Gasteiger partial charge in [0.05, 0.1) is 5.69 Å². The van der Waals surface area contributed by atoms with Gasteiger partial charge in [0.2, 0.25) is 0 Å². The minimum atomic E-state index is -1.10. The van der Waals surface area contributed by atoms with Crippen molar-refractivity contribution in [1.29, 1.82) is 0 Å².